The van der Waals surface area contributed by atoms with Crippen LogP contribution in [0.4, 0.5) is 5.95 Å². The SMILES string of the molecule is CCC1CCC(Cn2c(N)nc3c(C)nn(C)c32)CC1. The fourth-order valence-electron chi connectivity index (χ4n) is 3.61. The van der Waals surface area contributed by atoms with E-state index in [2.05, 4.69) is 21.6 Å². The normalized spacial score (nSPS) is 23.6. The molecular formula is C15H25N5. The molecule has 2 N–H and O–H groups in total. The second-order valence-corrected chi connectivity index (χ2v) is 6.26. The van der Waals surface area contributed by atoms with Gasteiger partial charge in [0.2, 0.25) is 5.95 Å². The number of anilines is 1. The van der Waals surface area contributed by atoms with Gasteiger partial charge in [-0.05, 0) is 31.6 Å². The number of nitrogens with two attached hydrogens (primary N) is 1. The maximum absolute atomic E-state index is 6.12. The van der Waals surface area contributed by atoms with Gasteiger partial charge in [0.25, 0.3) is 0 Å². The molecule has 1 aliphatic rings. The summed E-state index contributed by atoms with van der Waals surface area (Å²) in [6.45, 7) is 5.28. The van der Waals surface area contributed by atoms with E-state index >= 15 is 0 Å². The number of aromatic nitrogens is 4. The van der Waals surface area contributed by atoms with Crippen LogP contribution in [0.25, 0.3) is 11.2 Å². The van der Waals surface area contributed by atoms with Gasteiger partial charge in [-0.15, -0.1) is 0 Å². The summed E-state index contributed by atoms with van der Waals surface area (Å²) >= 11 is 0. The Morgan fingerprint density at radius 3 is 2.50 bits per heavy atom. The minimum Gasteiger partial charge on any atom is -0.369 e. The largest absolute Gasteiger partial charge is 0.369 e. The lowest BCUT2D eigenvalue weighted by Gasteiger charge is -2.28. The molecule has 1 fully saturated rings. The highest BCUT2D eigenvalue weighted by Crippen LogP contribution is 2.33. The Bertz CT molecular complexity index is 601. The van der Waals surface area contributed by atoms with Crippen molar-refractivity contribution in [3.05, 3.63) is 5.69 Å². The van der Waals surface area contributed by atoms with E-state index in [1.54, 1.807) is 0 Å². The van der Waals surface area contributed by atoms with Gasteiger partial charge in [-0.25, -0.2) is 4.98 Å². The fraction of sp³-hybridized carbons (Fsp3) is 0.733. The van der Waals surface area contributed by atoms with E-state index in [0.717, 1.165) is 35.2 Å². The third-order valence-corrected chi connectivity index (χ3v) is 4.90. The minimum absolute atomic E-state index is 0.633. The number of rotatable bonds is 3. The van der Waals surface area contributed by atoms with E-state index in [9.17, 15) is 0 Å². The molecule has 1 aliphatic carbocycles. The highest BCUT2D eigenvalue weighted by molar-refractivity contribution is 5.77. The third-order valence-electron chi connectivity index (χ3n) is 4.90. The van der Waals surface area contributed by atoms with E-state index < -0.39 is 0 Å². The Hall–Kier alpha value is -1.52. The van der Waals surface area contributed by atoms with Crippen LogP contribution < -0.4 is 5.73 Å². The van der Waals surface area contributed by atoms with Crippen LogP contribution in [0.15, 0.2) is 0 Å². The molecule has 0 saturated heterocycles. The summed E-state index contributed by atoms with van der Waals surface area (Å²) in [7, 11) is 1.97. The van der Waals surface area contributed by atoms with E-state index in [1.807, 2.05) is 18.7 Å². The number of imidazole rings is 1. The maximum atomic E-state index is 6.12. The van der Waals surface area contributed by atoms with Crippen molar-refractivity contribution >= 4 is 17.1 Å². The number of fused-ring (bicyclic) bond motifs is 1. The van der Waals surface area contributed by atoms with E-state index in [-0.39, 0.29) is 0 Å². The van der Waals surface area contributed by atoms with Gasteiger partial charge >= 0.3 is 0 Å². The topological polar surface area (TPSA) is 61.7 Å². The summed E-state index contributed by atoms with van der Waals surface area (Å²) in [6.07, 6.45) is 6.68. The third kappa shape index (κ3) is 2.19. The van der Waals surface area contributed by atoms with Gasteiger partial charge in [0, 0.05) is 13.6 Å². The van der Waals surface area contributed by atoms with Gasteiger partial charge < -0.3 is 5.73 Å². The van der Waals surface area contributed by atoms with Crippen molar-refractivity contribution in [1.82, 2.24) is 19.3 Å². The van der Waals surface area contributed by atoms with Crippen LogP contribution in [-0.2, 0) is 13.6 Å². The summed E-state index contributed by atoms with van der Waals surface area (Å²) < 4.78 is 4.07. The van der Waals surface area contributed by atoms with Crippen molar-refractivity contribution in [2.24, 2.45) is 18.9 Å². The Balaban J connectivity index is 1.82. The van der Waals surface area contributed by atoms with Gasteiger partial charge in [-0.1, -0.05) is 26.2 Å². The molecule has 0 aliphatic heterocycles. The predicted molar refractivity (Wildman–Crippen MR) is 81.4 cm³/mol. The molecule has 0 aromatic carbocycles. The van der Waals surface area contributed by atoms with Crippen molar-refractivity contribution < 1.29 is 0 Å². The molecule has 0 atom stereocenters. The first-order valence-corrected chi connectivity index (χ1v) is 7.75. The lowest BCUT2D eigenvalue weighted by Crippen LogP contribution is -2.20. The molecule has 110 valence electrons. The minimum atomic E-state index is 0.633. The molecule has 1 saturated carbocycles. The molecule has 0 radical (unpaired) electrons. The number of nitrogens with zero attached hydrogens (tertiary/aromatic N) is 4. The predicted octanol–water partition coefficient (Wildman–Crippen LogP) is 2.88. The average molecular weight is 275 g/mol. The molecule has 0 unspecified atom stereocenters. The van der Waals surface area contributed by atoms with Crippen molar-refractivity contribution in [3.8, 4) is 0 Å². The van der Waals surface area contributed by atoms with E-state index in [1.165, 1.54) is 32.1 Å². The second-order valence-electron chi connectivity index (χ2n) is 6.26. The molecule has 2 aromatic heterocycles. The van der Waals surface area contributed by atoms with Crippen LogP contribution in [0.1, 0.15) is 44.7 Å². The first-order valence-electron chi connectivity index (χ1n) is 7.75. The summed E-state index contributed by atoms with van der Waals surface area (Å²) in [5.74, 6) is 2.30. The average Bonchev–Trinajstić information content (AvgIpc) is 2.90. The lowest BCUT2D eigenvalue weighted by atomic mass is 9.81. The van der Waals surface area contributed by atoms with Crippen LogP contribution in [0.5, 0.6) is 0 Å². The molecule has 2 aromatic rings. The molecular weight excluding hydrogens is 250 g/mol. The van der Waals surface area contributed by atoms with Gasteiger partial charge in [-0.2, -0.15) is 5.10 Å². The van der Waals surface area contributed by atoms with Crippen LogP contribution in [0.2, 0.25) is 0 Å². The van der Waals surface area contributed by atoms with Gasteiger partial charge in [0.1, 0.15) is 5.52 Å². The standard InChI is InChI=1S/C15H25N5/c1-4-11-5-7-12(8-6-11)9-20-14-13(17-15(20)16)10(2)18-19(14)3/h11-12H,4-9H2,1-3H3,(H2,16,17). The Labute approximate surface area is 120 Å². The zero-order valence-electron chi connectivity index (χ0n) is 12.8. The highest BCUT2D eigenvalue weighted by atomic mass is 15.3. The molecule has 2 heterocycles. The van der Waals surface area contributed by atoms with Crippen LogP contribution in [0, 0.1) is 18.8 Å². The molecule has 3 rings (SSSR count). The summed E-state index contributed by atoms with van der Waals surface area (Å²) in [6, 6.07) is 0. The Morgan fingerprint density at radius 2 is 1.85 bits per heavy atom. The molecule has 20 heavy (non-hydrogen) atoms. The second kappa shape index (κ2) is 5.11. The Morgan fingerprint density at radius 1 is 1.20 bits per heavy atom. The van der Waals surface area contributed by atoms with Crippen molar-refractivity contribution in [3.63, 3.8) is 0 Å². The van der Waals surface area contributed by atoms with Gasteiger partial charge in [0.15, 0.2) is 5.65 Å². The smallest absolute Gasteiger partial charge is 0.202 e. The van der Waals surface area contributed by atoms with Crippen LogP contribution in [-0.4, -0.2) is 19.3 Å². The fourth-order valence-corrected chi connectivity index (χ4v) is 3.61. The number of aryl methyl sites for hydroxylation is 2. The number of hydrogen-bond acceptors (Lipinski definition) is 3. The zero-order chi connectivity index (χ0) is 14.3. The number of nitrogen functional groups attached to an aromatic ring is 1. The summed E-state index contributed by atoms with van der Waals surface area (Å²) in [5.41, 5.74) is 9.10. The molecule has 0 amide bonds. The van der Waals surface area contributed by atoms with E-state index in [0.29, 0.717) is 5.95 Å². The zero-order valence-corrected chi connectivity index (χ0v) is 12.8. The van der Waals surface area contributed by atoms with Gasteiger partial charge in [-0.3, -0.25) is 9.25 Å². The Kier molecular flexibility index (Phi) is 3.44. The van der Waals surface area contributed by atoms with E-state index in [4.69, 9.17) is 5.73 Å². The van der Waals surface area contributed by atoms with Crippen molar-refractivity contribution in [2.45, 2.75) is 52.5 Å². The van der Waals surface area contributed by atoms with Gasteiger partial charge in [0.05, 0.1) is 5.69 Å². The maximum Gasteiger partial charge on any atom is 0.202 e. The highest BCUT2D eigenvalue weighted by Gasteiger charge is 2.23. The summed E-state index contributed by atoms with van der Waals surface area (Å²) in [4.78, 5) is 4.49. The first kappa shape index (κ1) is 13.5. The first-order chi connectivity index (χ1) is 9.60. The molecule has 0 bridgehead atoms. The van der Waals surface area contributed by atoms with Crippen molar-refractivity contribution in [1.29, 1.82) is 0 Å². The van der Waals surface area contributed by atoms with Crippen LogP contribution in [0.3, 0.4) is 0 Å². The molecule has 5 heteroatoms. The van der Waals surface area contributed by atoms with Crippen molar-refractivity contribution in [2.75, 3.05) is 5.73 Å². The number of hydrogen-bond donors (Lipinski definition) is 1. The quantitative estimate of drug-likeness (QED) is 0.937. The summed E-state index contributed by atoms with van der Waals surface area (Å²) in [5, 5.41) is 4.45. The monoisotopic (exact) mass is 275 g/mol. The lowest BCUT2D eigenvalue weighted by molar-refractivity contribution is 0.249. The molecule has 5 nitrogen and oxygen atoms in total. The van der Waals surface area contributed by atoms with Crippen LogP contribution >= 0.6 is 0 Å². The molecule has 0 spiro atoms.